The first-order valence-electron chi connectivity index (χ1n) is 12.9. The summed E-state index contributed by atoms with van der Waals surface area (Å²) < 4.78 is 5.29. The number of ketones is 1. The second kappa shape index (κ2) is 14.1. The molecule has 2 rings (SSSR count). The maximum atomic E-state index is 13.5. The summed E-state index contributed by atoms with van der Waals surface area (Å²) in [5.74, 6) is -2.52. The van der Waals surface area contributed by atoms with Crippen molar-refractivity contribution in [3.05, 3.63) is 65.7 Å². The first-order chi connectivity index (χ1) is 18.7. The number of hydrogen-bond donors (Lipinski definition) is 4. The van der Waals surface area contributed by atoms with E-state index in [1.165, 1.54) is 26.0 Å². The van der Waals surface area contributed by atoms with Crippen LogP contribution in [-0.4, -0.2) is 69.9 Å². The molecule has 0 radical (unpaired) electrons. The maximum Gasteiger partial charge on any atom is 0.408 e. The number of rotatable bonds is 12. The summed E-state index contributed by atoms with van der Waals surface area (Å²) in [5.41, 5.74) is 5.99. The molecule has 0 fully saturated rings. The van der Waals surface area contributed by atoms with E-state index in [9.17, 15) is 29.1 Å². The first kappa shape index (κ1) is 31.8. The zero-order valence-electron chi connectivity index (χ0n) is 23.5. The molecular weight excluding hydrogens is 516 g/mol. The average molecular weight is 555 g/mol. The highest BCUT2D eigenvalue weighted by Crippen LogP contribution is 2.15. The Morgan fingerprint density at radius 2 is 1.50 bits per heavy atom. The molecule has 1 unspecified atom stereocenters. The molecule has 4 amide bonds. The van der Waals surface area contributed by atoms with Crippen LogP contribution in [-0.2, 0) is 36.8 Å². The molecule has 2 aromatic rings. The number of ether oxygens (including phenoxy) is 1. The zero-order valence-corrected chi connectivity index (χ0v) is 23.5. The molecule has 216 valence electrons. The Morgan fingerprint density at radius 3 is 2.02 bits per heavy atom. The van der Waals surface area contributed by atoms with Gasteiger partial charge in [-0.15, -0.1) is 0 Å². The number of primary amides is 1. The molecule has 11 nitrogen and oxygen atoms in total. The molecule has 0 saturated carbocycles. The van der Waals surface area contributed by atoms with E-state index >= 15 is 0 Å². The molecular formula is C29H38N4O7. The summed E-state index contributed by atoms with van der Waals surface area (Å²) in [6.45, 7) is 7.24. The first-order valence-corrected chi connectivity index (χ1v) is 12.9. The normalized spacial score (nSPS) is 13.3. The van der Waals surface area contributed by atoms with Crippen LogP contribution >= 0.6 is 0 Å². The molecule has 0 heterocycles. The van der Waals surface area contributed by atoms with Crippen LogP contribution in [0, 0.1) is 0 Å². The maximum absolute atomic E-state index is 13.5. The van der Waals surface area contributed by atoms with E-state index in [2.05, 4.69) is 10.6 Å². The van der Waals surface area contributed by atoms with Crippen LogP contribution in [0.3, 0.4) is 0 Å². The summed E-state index contributed by atoms with van der Waals surface area (Å²) in [5, 5.41) is 14.7. The molecule has 0 saturated heterocycles. The van der Waals surface area contributed by atoms with Gasteiger partial charge in [0, 0.05) is 6.42 Å². The minimum absolute atomic E-state index is 0.0291. The summed E-state index contributed by atoms with van der Waals surface area (Å²) in [6, 6.07) is 11.8. The van der Waals surface area contributed by atoms with Crippen LogP contribution in [0.2, 0.25) is 0 Å². The molecule has 11 heteroatoms. The van der Waals surface area contributed by atoms with Crippen molar-refractivity contribution in [3.63, 3.8) is 0 Å². The lowest BCUT2D eigenvalue weighted by Gasteiger charge is -2.32. The number of carbonyl (C=O) groups excluding carboxylic acids is 5. The third-order valence-electron chi connectivity index (χ3n) is 5.84. The molecule has 0 bridgehead atoms. The van der Waals surface area contributed by atoms with Crippen molar-refractivity contribution in [2.24, 2.45) is 5.73 Å². The van der Waals surface area contributed by atoms with Crippen molar-refractivity contribution in [2.45, 2.75) is 71.2 Å². The van der Waals surface area contributed by atoms with Crippen molar-refractivity contribution >= 4 is 29.6 Å². The van der Waals surface area contributed by atoms with Gasteiger partial charge in [0.25, 0.3) is 0 Å². The zero-order chi connectivity index (χ0) is 30.0. The molecule has 3 atom stereocenters. The predicted molar refractivity (Wildman–Crippen MR) is 148 cm³/mol. The average Bonchev–Trinajstić information content (AvgIpc) is 2.85. The predicted octanol–water partition coefficient (Wildman–Crippen LogP) is 1.85. The molecule has 0 aliphatic heterocycles. The van der Waals surface area contributed by atoms with Gasteiger partial charge >= 0.3 is 6.09 Å². The smallest absolute Gasteiger partial charge is 0.408 e. The number of phenolic OH excluding ortho intramolecular Hbond substituents is 1. The van der Waals surface area contributed by atoms with E-state index in [1.54, 1.807) is 57.2 Å². The fourth-order valence-corrected chi connectivity index (χ4v) is 3.97. The number of aromatic hydroxyl groups is 1. The number of nitrogens with zero attached hydrogens (tertiary/aromatic N) is 1. The minimum atomic E-state index is -1.17. The van der Waals surface area contributed by atoms with E-state index in [1.807, 2.05) is 6.07 Å². The largest absolute Gasteiger partial charge is 0.508 e. The Hall–Kier alpha value is -4.41. The van der Waals surface area contributed by atoms with Crippen LogP contribution in [0.25, 0.3) is 0 Å². The van der Waals surface area contributed by atoms with Crippen LogP contribution < -0.4 is 16.4 Å². The highest BCUT2D eigenvalue weighted by molar-refractivity contribution is 5.95. The standard InChI is InChI=1S/C29H38N4O7/c1-18(27(38)33(17-25(30)36)24(19(2)34)16-20-9-7-6-8-10-20)31-26(37)23(32-28(39)40-29(3,4)5)15-21-11-13-22(35)14-12-21/h6-14,18,23-24,35H,15-17H2,1-5H3,(H2,30,36)(H,31,37)(H,32,39)/t18-,23+,24?/m1/s1. The minimum Gasteiger partial charge on any atom is -0.508 e. The van der Waals surface area contributed by atoms with Crippen molar-refractivity contribution < 1.29 is 33.8 Å². The fraction of sp³-hybridized carbons (Fsp3) is 0.414. The summed E-state index contributed by atoms with van der Waals surface area (Å²) in [7, 11) is 0. The number of nitrogens with one attached hydrogen (secondary N) is 2. The van der Waals surface area contributed by atoms with Gasteiger partial charge < -0.3 is 31.1 Å². The Morgan fingerprint density at radius 1 is 0.925 bits per heavy atom. The van der Waals surface area contributed by atoms with Gasteiger partial charge in [0.1, 0.15) is 30.0 Å². The molecule has 0 spiro atoms. The lowest BCUT2D eigenvalue weighted by molar-refractivity contribution is -0.144. The fourth-order valence-electron chi connectivity index (χ4n) is 3.97. The van der Waals surface area contributed by atoms with Crippen LogP contribution in [0.1, 0.15) is 45.7 Å². The van der Waals surface area contributed by atoms with Gasteiger partial charge in [-0.1, -0.05) is 42.5 Å². The van der Waals surface area contributed by atoms with Crippen LogP contribution in [0.15, 0.2) is 54.6 Å². The highest BCUT2D eigenvalue weighted by Gasteiger charge is 2.34. The molecule has 0 aromatic heterocycles. The van der Waals surface area contributed by atoms with Crippen molar-refractivity contribution in [1.29, 1.82) is 0 Å². The number of amides is 4. The SMILES string of the molecule is CC(=O)C(Cc1ccccc1)N(CC(N)=O)C(=O)[C@@H](C)NC(=O)[C@H](Cc1ccc(O)cc1)NC(=O)OC(C)(C)C. The van der Waals surface area contributed by atoms with Gasteiger partial charge in [0.05, 0.1) is 6.04 Å². The highest BCUT2D eigenvalue weighted by atomic mass is 16.6. The molecule has 0 aliphatic rings. The van der Waals surface area contributed by atoms with Gasteiger partial charge in [-0.3, -0.25) is 19.2 Å². The Bertz CT molecular complexity index is 1190. The van der Waals surface area contributed by atoms with E-state index in [4.69, 9.17) is 10.5 Å². The Labute approximate surface area is 234 Å². The van der Waals surface area contributed by atoms with E-state index in [0.29, 0.717) is 5.56 Å². The number of Topliss-reactive ketones (excluding diaryl/α,β-unsaturated/α-hetero) is 1. The lowest BCUT2D eigenvalue weighted by atomic mass is 10.0. The summed E-state index contributed by atoms with van der Waals surface area (Å²) in [6.07, 6.45) is -0.652. The van der Waals surface area contributed by atoms with Gasteiger partial charge in [-0.25, -0.2) is 4.79 Å². The topological polar surface area (TPSA) is 168 Å². The lowest BCUT2D eigenvalue weighted by Crippen LogP contribution is -2.58. The number of nitrogens with two attached hydrogens (primary N) is 1. The van der Waals surface area contributed by atoms with Crippen LogP contribution in [0.4, 0.5) is 4.79 Å². The molecule has 2 aromatic carbocycles. The van der Waals surface area contributed by atoms with Gasteiger partial charge in [-0.05, 0) is 64.3 Å². The van der Waals surface area contributed by atoms with Gasteiger partial charge in [0.2, 0.25) is 17.7 Å². The van der Waals surface area contributed by atoms with Crippen molar-refractivity contribution in [3.8, 4) is 5.75 Å². The molecule has 0 aliphatic carbocycles. The van der Waals surface area contributed by atoms with Crippen LogP contribution in [0.5, 0.6) is 5.75 Å². The van der Waals surface area contributed by atoms with E-state index in [0.717, 1.165) is 10.5 Å². The molecule has 40 heavy (non-hydrogen) atoms. The number of phenols is 1. The second-order valence-corrected chi connectivity index (χ2v) is 10.5. The molecule has 5 N–H and O–H groups in total. The van der Waals surface area contributed by atoms with Crippen molar-refractivity contribution in [1.82, 2.24) is 15.5 Å². The third kappa shape index (κ3) is 10.4. The Kier molecular flexibility index (Phi) is 11.2. The summed E-state index contributed by atoms with van der Waals surface area (Å²) >= 11 is 0. The summed E-state index contributed by atoms with van der Waals surface area (Å²) in [4.78, 5) is 64.8. The second-order valence-electron chi connectivity index (χ2n) is 10.5. The monoisotopic (exact) mass is 554 g/mol. The van der Waals surface area contributed by atoms with E-state index < -0.39 is 54.1 Å². The van der Waals surface area contributed by atoms with Gasteiger partial charge in [-0.2, -0.15) is 0 Å². The van der Waals surface area contributed by atoms with Crippen molar-refractivity contribution in [2.75, 3.05) is 6.54 Å². The number of carbonyl (C=O) groups is 5. The Balaban J connectivity index is 2.26. The quantitative estimate of drug-likeness (QED) is 0.310. The number of alkyl carbamates (subject to hydrolysis) is 1. The third-order valence-corrected chi connectivity index (χ3v) is 5.84. The number of hydrogen-bond acceptors (Lipinski definition) is 7. The number of benzene rings is 2. The van der Waals surface area contributed by atoms with Gasteiger partial charge in [0.15, 0.2) is 5.78 Å². The van der Waals surface area contributed by atoms with E-state index in [-0.39, 0.29) is 24.4 Å².